The van der Waals surface area contributed by atoms with Gasteiger partial charge in [0.15, 0.2) is 0 Å². The zero-order valence-corrected chi connectivity index (χ0v) is 20.0. The smallest absolute Gasteiger partial charge is 0.138 e. The number of nitrogens with zero attached hydrogens (tertiary/aromatic N) is 4. The van der Waals surface area contributed by atoms with Gasteiger partial charge in [0.1, 0.15) is 5.82 Å². The van der Waals surface area contributed by atoms with Gasteiger partial charge in [-0.2, -0.15) is 0 Å². The Labute approximate surface area is 214 Å². The molecule has 0 saturated heterocycles. The summed E-state index contributed by atoms with van der Waals surface area (Å²) in [7, 11) is 0. The maximum atomic E-state index is 5.14. The lowest BCUT2D eigenvalue weighted by Crippen LogP contribution is -2.11. The first-order chi connectivity index (χ1) is 18.3. The van der Waals surface area contributed by atoms with E-state index in [0.717, 1.165) is 57.5 Å². The van der Waals surface area contributed by atoms with Gasteiger partial charge in [0.2, 0.25) is 0 Å². The number of pyridine rings is 3. The molecular formula is C32H23N5. The molecule has 1 aliphatic heterocycles. The first-order valence-electron chi connectivity index (χ1n) is 12.3. The first kappa shape index (κ1) is 21.3. The van der Waals surface area contributed by atoms with E-state index in [2.05, 4.69) is 93.7 Å². The van der Waals surface area contributed by atoms with E-state index in [-0.39, 0.29) is 0 Å². The molecule has 176 valence electrons. The van der Waals surface area contributed by atoms with Crippen LogP contribution in [0.1, 0.15) is 11.3 Å². The highest BCUT2D eigenvalue weighted by Gasteiger charge is 2.19. The minimum absolute atomic E-state index is 0.799. The van der Waals surface area contributed by atoms with Gasteiger partial charge in [-0.25, -0.2) is 9.97 Å². The van der Waals surface area contributed by atoms with Crippen LogP contribution in [-0.2, 0) is 6.54 Å². The van der Waals surface area contributed by atoms with E-state index < -0.39 is 0 Å². The molecule has 2 aromatic carbocycles. The van der Waals surface area contributed by atoms with Crippen molar-refractivity contribution in [2.45, 2.75) is 6.54 Å². The van der Waals surface area contributed by atoms with E-state index in [1.807, 2.05) is 36.5 Å². The lowest BCUT2D eigenvalue weighted by Gasteiger charge is -2.14. The van der Waals surface area contributed by atoms with Crippen molar-refractivity contribution in [3.63, 3.8) is 0 Å². The predicted octanol–water partition coefficient (Wildman–Crippen LogP) is 6.89. The molecule has 0 amide bonds. The normalized spacial score (nSPS) is 12.3. The van der Waals surface area contributed by atoms with Crippen molar-refractivity contribution < 1.29 is 0 Å². The molecule has 37 heavy (non-hydrogen) atoms. The van der Waals surface area contributed by atoms with E-state index in [1.54, 1.807) is 6.20 Å². The molecule has 4 aromatic heterocycles. The molecule has 0 radical (unpaired) electrons. The molecule has 6 aromatic rings. The lowest BCUT2D eigenvalue weighted by molar-refractivity contribution is 0.852. The van der Waals surface area contributed by atoms with Gasteiger partial charge in [0.25, 0.3) is 0 Å². The molecule has 1 N–H and O–H groups in total. The Morgan fingerprint density at radius 1 is 0.649 bits per heavy atom. The Morgan fingerprint density at radius 3 is 2.30 bits per heavy atom. The lowest BCUT2D eigenvalue weighted by atomic mass is 10.0. The van der Waals surface area contributed by atoms with Crippen molar-refractivity contribution in [3.8, 4) is 39.7 Å². The minimum Gasteiger partial charge on any atom is -0.387 e. The molecule has 0 spiro atoms. The molecule has 0 atom stereocenters. The van der Waals surface area contributed by atoms with E-state index in [4.69, 9.17) is 9.97 Å². The van der Waals surface area contributed by atoms with Crippen molar-refractivity contribution in [2.75, 3.05) is 0 Å². The zero-order chi connectivity index (χ0) is 24.6. The van der Waals surface area contributed by atoms with Crippen LogP contribution >= 0.6 is 0 Å². The molecular weight excluding hydrogens is 454 g/mol. The van der Waals surface area contributed by atoms with Crippen LogP contribution in [0.3, 0.4) is 0 Å². The second-order valence-electron chi connectivity index (χ2n) is 9.02. The number of fused-ring (bicyclic) bond motifs is 3. The number of benzene rings is 2. The molecule has 5 heterocycles. The van der Waals surface area contributed by atoms with Gasteiger partial charge in [0, 0.05) is 23.7 Å². The SMILES string of the molecule is C1=Cc2c(c3ccccc3n2-c2cccc(-c3cc(-c4ccccc4)cc(-c4ccccn4)n3)n2)CN1. The molecule has 7 rings (SSSR count). The summed E-state index contributed by atoms with van der Waals surface area (Å²) in [5.74, 6) is 0.868. The van der Waals surface area contributed by atoms with Crippen molar-refractivity contribution in [1.29, 1.82) is 0 Å². The third-order valence-electron chi connectivity index (χ3n) is 6.74. The highest BCUT2D eigenvalue weighted by molar-refractivity contribution is 5.90. The highest BCUT2D eigenvalue weighted by Crippen LogP contribution is 2.33. The summed E-state index contributed by atoms with van der Waals surface area (Å²) in [6.07, 6.45) is 5.93. The Bertz CT molecular complexity index is 1710. The van der Waals surface area contributed by atoms with Crippen LogP contribution in [-0.4, -0.2) is 19.5 Å². The summed E-state index contributed by atoms with van der Waals surface area (Å²) in [5, 5.41) is 4.59. The maximum absolute atomic E-state index is 5.14. The van der Waals surface area contributed by atoms with Gasteiger partial charge in [-0.1, -0.05) is 60.7 Å². The number of rotatable bonds is 4. The molecule has 0 aliphatic carbocycles. The van der Waals surface area contributed by atoms with Crippen LogP contribution < -0.4 is 5.32 Å². The average molecular weight is 478 g/mol. The van der Waals surface area contributed by atoms with E-state index in [9.17, 15) is 0 Å². The largest absolute Gasteiger partial charge is 0.387 e. The molecule has 1 aliphatic rings. The van der Waals surface area contributed by atoms with E-state index >= 15 is 0 Å². The van der Waals surface area contributed by atoms with E-state index in [0.29, 0.717) is 0 Å². The van der Waals surface area contributed by atoms with Crippen LogP contribution in [0.2, 0.25) is 0 Å². The summed E-state index contributed by atoms with van der Waals surface area (Å²) >= 11 is 0. The molecule has 5 heteroatoms. The topological polar surface area (TPSA) is 55.6 Å². The molecule has 0 unspecified atom stereocenters. The fourth-order valence-corrected chi connectivity index (χ4v) is 5.03. The summed E-state index contributed by atoms with van der Waals surface area (Å²) < 4.78 is 2.24. The fourth-order valence-electron chi connectivity index (χ4n) is 5.03. The van der Waals surface area contributed by atoms with Crippen molar-refractivity contribution >= 4 is 17.0 Å². The van der Waals surface area contributed by atoms with Crippen molar-refractivity contribution in [2.24, 2.45) is 0 Å². The van der Waals surface area contributed by atoms with Gasteiger partial charge in [-0.05, 0) is 65.9 Å². The molecule has 0 bridgehead atoms. The van der Waals surface area contributed by atoms with Gasteiger partial charge in [-0.3, -0.25) is 9.55 Å². The second kappa shape index (κ2) is 8.88. The average Bonchev–Trinajstić information content (AvgIpc) is 3.32. The van der Waals surface area contributed by atoms with Crippen molar-refractivity contribution in [1.82, 2.24) is 24.8 Å². The van der Waals surface area contributed by atoms with Crippen molar-refractivity contribution in [3.05, 3.63) is 127 Å². The third-order valence-corrected chi connectivity index (χ3v) is 6.74. The highest BCUT2D eigenvalue weighted by atomic mass is 15.1. The fraction of sp³-hybridized carbons (Fsp3) is 0.0312. The first-order valence-corrected chi connectivity index (χ1v) is 12.3. The number of hydrogen-bond acceptors (Lipinski definition) is 4. The van der Waals surface area contributed by atoms with Crippen LogP contribution in [0.25, 0.3) is 56.7 Å². The summed E-state index contributed by atoms with van der Waals surface area (Å²) in [6.45, 7) is 0.799. The number of para-hydroxylation sites is 1. The van der Waals surface area contributed by atoms with Gasteiger partial charge >= 0.3 is 0 Å². The molecule has 0 fully saturated rings. The second-order valence-corrected chi connectivity index (χ2v) is 9.02. The summed E-state index contributed by atoms with van der Waals surface area (Å²) in [4.78, 5) is 14.7. The van der Waals surface area contributed by atoms with Gasteiger partial charge in [-0.15, -0.1) is 0 Å². The quantitative estimate of drug-likeness (QED) is 0.300. The van der Waals surface area contributed by atoms with Crippen LogP contribution in [0.4, 0.5) is 0 Å². The number of nitrogens with one attached hydrogen (secondary N) is 1. The molecule has 5 nitrogen and oxygen atoms in total. The van der Waals surface area contributed by atoms with Gasteiger partial charge < -0.3 is 5.32 Å². The summed E-state index contributed by atoms with van der Waals surface area (Å²) in [6, 6.07) is 35.1. The van der Waals surface area contributed by atoms with Gasteiger partial charge in [0.05, 0.1) is 34.0 Å². The number of aromatic nitrogens is 4. The minimum atomic E-state index is 0.799. The van der Waals surface area contributed by atoms with Crippen LogP contribution in [0, 0.1) is 0 Å². The standard InChI is InChI=1S/C32H23N5/c1-2-9-22(10-3-1)23-19-28(26-12-6-7-17-34-26)35-29(20-23)27-13-8-15-32(36-27)37-30-14-5-4-11-24(30)25-21-33-18-16-31(25)37/h1-20,33H,21H2. The van der Waals surface area contributed by atoms with E-state index in [1.165, 1.54) is 10.9 Å². The monoisotopic (exact) mass is 477 g/mol. The zero-order valence-electron chi connectivity index (χ0n) is 20.0. The number of hydrogen-bond donors (Lipinski definition) is 1. The summed E-state index contributed by atoms with van der Waals surface area (Å²) in [5.41, 5.74) is 9.08. The Balaban J connectivity index is 1.42. The molecule has 0 saturated carbocycles. The maximum Gasteiger partial charge on any atom is 0.138 e. The Kier molecular flexibility index (Phi) is 5.10. The predicted molar refractivity (Wildman–Crippen MR) is 149 cm³/mol. The van der Waals surface area contributed by atoms with Crippen LogP contribution in [0.15, 0.2) is 116 Å². The third kappa shape index (κ3) is 3.78. The Hall–Kier alpha value is -5.03. The van der Waals surface area contributed by atoms with Crippen LogP contribution in [0.5, 0.6) is 0 Å². The Morgan fingerprint density at radius 2 is 1.43 bits per heavy atom.